The lowest BCUT2D eigenvalue weighted by Gasteiger charge is -2.34. The Hall–Kier alpha value is -1.35. The monoisotopic (exact) mass is 541 g/mol. The van der Waals surface area contributed by atoms with Crippen LogP contribution in [-0.4, -0.2) is 54.4 Å². The summed E-state index contributed by atoms with van der Waals surface area (Å²) in [5, 5.41) is 3.45. The maximum absolute atomic E-state index is 11.4. The summed E-state index contributed by atoms with van der Waals surface area (Å²) in [4.78, 5) is 21.2. The van der Waals surface area contributed by atoms with Crippen LogP contribution in [0.15, 0.2) is 29.3 Å². The number of halogens is 1. The Bertz CT molecular complexity index is 726. The first kappa shape index (κ1) is 25.9. The summed E-state index contributed by atoms with van der Waals surface area (Å²) in [5.74, 6) is 1.86. The molecule has 1 aromatic carbocycles. The second-order valence-electron chi connectivity index (χ2n) is 9.05. The molecule has 0 saturated carbocycles. The molecule has 0 aliphatic carbocycles. The van der Waals surface area contributed by atoms with Crippen LogP contribution in [0.3, 0.4) is 0 Å². The number of carbonyl (C=O) groups is 1. The molecule has 0 aromatic heterocycles. The Balaban J connectivity index is 0.00000341. The van der Waals surface area contributed by atoms with Gasteiger partial charge in [0.05, 0.1) is 6.54 Å². The fourth-order valence-corrected chi connectivity index (χ4v) is 4.83. The molecule has 3 N–H and O–H groups in total. The van der Waals surface area contributed by atoms with Crippen molar-refractivity contribution in [2.24, 2.45) is 22.6 Å². The van der Waals surface area contributed by atoms with Crippen LogP contribution in [0, 0.1) is 11.8 Å². The van der Waals surface area contributed by atoms with Crippen LogP contribution < -0.4 is 11.1 Å². The molecule has 3 rings (SSSR count). The lowest BCUT2D eigenvalue weighted by molar-refractivity contribution is -0.119. The van der Waals surface area contributed by atoms with E-state index in [4.69, 9.17) is 10.7 Å². The minimum Gasteiger partial charge on any atom is -0.370 e. The van der Waals surface area contributed by atoms with Gasteiger partial charge in [-0.1, -0.05) is 31.2 Å². The van der Waals surface area contributed by atoms with E-state index in [0.29, 0.717) is 18.9 Å². The first-order chi connectivity index (χ1) is 14.5. The third-order valence-electron chi connectivity index (χ3n) is 6.30. The van der Waals surface area contributed by atoms with Gasteiger partial charge >= 0.3 is 0 Å². The van der Waals surface area contributed by atoms with Crippen LogP contribution in [-0.2, 0) is 17.9 Å². The molecule has 2 unspecified atom stereocenters. The van der Waals surface area contributed by atoms with E-state index in [-0.39, 0.29) is 29.9 Å². The Morgan fingerprint density at radius 3 is 2.61 bits per heavy atom. The number of benzene rings is 1. The van der Waals surface area contributed by atoms with Gasteiger partial charge in [0.25, 0.3) is 0 Å². The molecule has 2 atom stereocenters. The molecule has 0 bridgehead atoms. The minimum absolute atomic E-state index is 0. The predicted octanol–water partition coefficient (Wildman–Crippen LogP) is 3.59. The van der Waals surface area contributed by atoms with Crippen molar-refractivity contribution in [2.45, 2.75) is 59.0 Å². The first-order valence-electron chi connectivity index (χ1n) is 11.7. The lowest BCUT2D eigenvalue weighted by atomic mass is 9.95. The highest BCUT2D eigenvalue weighted by Crippen LogP contribution is 2.21. The zero-order valence-electron chi connectivity index (χ0n) is 19.2. The van der Waals surface area contributed by atoms with Crippen molar-refractivity contribution in [3.63, 3.8) is 0 Å². The number of carbonyl (C=O) groups excluding carboxylic acids is 1. The standard InChI is InChI=1S/C24H39N5O.HI/c1-3-26-24(29-13-7-9-20(17-29)14-23(25)30)27-15-21-10-4-5-11-22(21)18-28-12-6-8-19(2)16-28;/h4-5,10-11,19-20H,3,6-9,12-18H2,1-2H3,(H2,25,30)(H,26,27);1H. The minimum atomic E-state index is -0.204. The quantitative estimate of drug-likeness (QED) is 0.315. The van der Waals surface area contributed by atoms with Crippen LogP contribution in [0.1, 0.15) is 57.1 Å². The molecule has 1 amide bonds. The van der Waals surface area contributed by atoms with E-state index in [1.54, 1.807) is 0 Å². The van der Waals surface area contributed by atoms with Crippen molar-refractivity contribution in [1.82, 2.24) is 15.1 Å². The molecule has 31 heavy (non-hydrogen) atoms. The van der Waals surface area contributed by atoms with E-state index < -0.39 is 0 Å². The number of hydrogen-bond donors (Lipinski definition) is 2. The Kier molecular flexibility index (Phi) is 11.1. The van der Waals surface area contributed by atoms with E-state index >= 15 is 0 Å². The molecule has 2 heterocycles. The number of piperidine rings is 2. The van der Waals surface area contributed by atoms with Crippen LogP contribution in [0.5, 0.6) is 0 Å². The van der Waals surface area contributed by atoms with Gasteiger partial charge in [-0.3, -0.25) is 9.69 Å². The molecule has 0 radical (unpaired) electrons. The van der Waals surface area contributed by atoms with Crippen molar-refractivity contribution in [3.8, 4) is 0 Å². The van der Waals surface area contributed by atoms with Crippen molar-refractivity contribution in [3.05, 3.63) is 35.4 Å². The van der Waals surface area contributed by atoms with Gasteiger partial charge in [0.15, 0.2) is 5.96 Å². The summed E-state index contributed by atoms with van der Waals surface area (Å²) >= 11 is 0. The Morgan fingerprint density at radius 2 is 1.90 bits per heavy atom. The molecule has 0 spiro atoms. The Labute approximate surface area is 205 Å². The molecule has 7 heteroatoms. The van der Waals surface area contributed by atoms with Crippen LogP contribution >= 0.6 is 24.0 Å². The third kappa shape index (κ3) is 8.25. The van der Waals surface area contributed by atoms with Gasteiger partial charge in [-0.2, -0.15) is 0 Å². The maximum atomic E-state index is 11.4. The normalized spacial score (nSPS) is 22.6. The number of nitrogens with one attached hydrogen (secondary N) is 1. The number of amides is 1. The number of rotatable bonds is 7. The number of nitrogens with zero attached hydrogens (tertiary/aromatic N) is 3. The highest BCUT2D eigenvalue weighted by Gasteiger charge is 2.23. The van der Waals surface area contributed by atoms with Gasteiger partial charge < -0.3 is 16.0 Å². The molecule has 6 nitrogen and oxygen atoms in total. The molecule has 2 aliphatic heterocycles. The first-order valence-corrected chi connectivity index (χ1v) is 11.7. The molecule has 2 fully saturated rings. The average Bonchev–Trinajstić information content (AvgIpc) is 2.72. The lowest BCUT2D eigenvalue weighted by Crippen LogP contribution is -2.47. The topological polar surface area (TPSA) is 74.0 Å². The Morgan fingerprint density at radius 1 is 1.16 bits per heavy atom. The molecule has 1 aromatic rings. The molecule has 2 aliphatic rings. The van der Waals surface area contributed by atoms with Gasteiger partial charge in [-0.05, 0) is 62.1 Å². The number of primary amides is 1. The van der Waals surface area contributed by atoms with E-state index in [1.165, 1.54) is 37.1 Å². The van der Waals surface area contributed by atoms with Crippen LogP contribution in [0.25, 0.3) is 0 Å². The van der Waals surface area contributed by atoms with E-state index in [9.17, 15) is 4.79 Å². The summed E-state index contributed by atoms with van der Waals surface area (Å²) in [7, 11) is 0. The van der Waals surface area contributed by atoms with E-state index in [2.05, 4.69) is 53.2 Å². The molecular formula is C24H40IN5O. The summed E-state index contributed by atoms with van der Waals surface area (Å²) < 4.78 is 0. The van der Waals surface area contributed by atoms with Crippen molar-refractivity contribution >= 4 is 35.8 Å². The average molecular weight is 542 g/mol. The second-order valence-corrected chi connectivity index (χ2v) is 9.05. The van der Waals surface area contributed by atoms with E-state index in [0.717, 1.165) is 50.9 Å². The number of guanidine groups is 1. The van der Waals surface area contributed by atoms with Gasteiger partial charge in [0, 0.05) is 39.1 Å². The van der Waals surface area contributed by atoms with Gasteiger partial charge in [0.1, 0.15) is 0 Å². The predicted molar refractivity (Wildman–Crippen MR) is 138 cm³/mol. The van der Waals surface area contributed by atoms with Gasteiger partial charge in [0.2, 0.25) is 5.91 Å². The van der Waals surface area contributed by atoms with Crippen molar-refractivity contribution in [1.29, 1.82) is 0 Å². The fraction of sp³-hybridized carbons (Fsp3) is 0.667. The summed E-state index contributed by atoms with van der Waals surface area (Å²) in [6, 6.07) is 8.72. The fourth-order valence-electron chi connectivity index (χ4n) is 4.83. The van der Waals surface area contributed by atoms with E-state index in [1.807, 2.05) is 0 Å². The number of hydrogen-bond acceptors (Lipinski definition) is 3. The summed E-state index contributed by atoms with van der Waals surface area (Å²) in [5.41, 5.74) is 8.12. The van der Waals surface area contributed by atoms with Gasteiger partial charge in [-0.25, -0.2) is 4.99 Å². The zero-order chi connectivity index (χ0) is 21.3. The highest BCUT2D eigenvalue weighted by molar-refractivity contribution is 14.0. The SMILES string of the molecule is CCNC(=NCc1ccccc1CN1CCCC(C)C1)N1CCCC(CC(N)=O)C1.I. The maximum Gasteiger partial charge on any atom is 0.217 e. The van der Waals surface area contributed by atoms with Crippen LogP contribution in [0.2, 0.25) is 0 Å². The van der Waals surface area contributed by atoms with Gasteiger partial charge in [-0.15, -0.1) is 24.0 Å². The molecule has 174 valence electrons. The largest absolute Gasteiger partial charge is 0.370 e. The molecule has 2 saturated heterocycles. The van der Waals surface area contributed by atoms with Crippen molar-refractivity contribution < 1.29 is 4.79 Å². The number of aliphatic imine (C=N–C) groups is 1. The summed E-state index contributed by atoms with van der Waals surface area (Å²) in [6.07, 6.45) is 5.25. The highest BCUT2D eigenvalue weighted by atomic mass is 127. The zero-order valence-corrected chi connectivity index (χ0v) is 21.5. The second kappa shape index (κ2) is 13.3. The third-order valence-corrected chi connectivity index (χ3v) is 6.30. The number of likely N-dealkylation sites (tertiary alicyclic amines) is 2. The molecular weight excluding hydrogens is 501 g/mol. The smallest absolute Gasteiger partial charge is 0.217 e. The van der Waals surface area contributed by atoms with Crippen molar-refractivity contribution in [2.75, 3.05) is 32.7 Å². The van der Waals surface area contributed by atoms with Crippen LogP contribution in [0.4, 0.5) is 0 Å². The summed E-state index contributed by atoms with van der Waals surface area (Å²) in [6.45, 7) is 11.2. The number of nitrogens with two attached hydrogens (primary N) is 1.